The van der Waals surface area contributed by atoms with Crippen molar-refractivity contribution in [1.29, 1.82) is 5.26 Å². The van der Waals surface area contributed by atoms with Crippen molar-refractivity contribution in [2.75, 3.05) is 7.11 Å². The standard InChI is InChI=1S/C11H12BrNO/c1-8-6-10(12)11(14-2)7-9(8)4-3-5-13/h6-7H,3-4H2,1-2H3. The van der Waals surface area contributed by atoms with E-state index >= 15 is 0 Å². The molecule has 0 bridgehead atoms. The minimum absolute atomic E-state index is 0.547. The Bertz CT molecular complexity index is 368. The fraction of sp³-hybridized carbons (Fsp3) is 0.364. The molecule has 0 atom stereocenters. The van der Waals surface area contributed by atoms with Gasteiger partial charge in [-0.05, 0) is 52.5 Å². The van der Waals surface area contributed by atoms with Gasteiger partial charge < -0.3 is 4.74 Å². The molecule has 0 spiro atoms. The zero-order valence-electron chi connectivity index (χ0n) is 8.30. The molecule has 0 aromatic heterocycles. The first kappa shape index (κ1) is 11.1. The van der Waals surface area contributed by atoms with E-state index in [1.54, 1.807) is 7.11 Å². The maximum Gasteiger partial charge on any atom is 0.133 e. The largest absolute Gasteiger partial charge is 0.496 e. The molecule has 0 heterocycles. The fourth-order valence-corrected chi connectivity index (χ4v) is 1.93. The van der Waals surface area contributed by atoms with Crippen LogP contribution in [0.3, 0.4) is 0 Å². The molecular formula is C11H12BrNO. The van der Waals surface area contributed by atoms with Crippen molar-refractivity contribution in [3.8, 4) is 11.8 Å². The molecule has 1 aromatic rings. The van der Waals surface area contributed by atoms with Crippen LogP contribution in [-0.4, -0.2) is 7.11 Å². The minimum atomic E-state index is 0.547. The average Bonchev–Trinajstić information content (AvgIpc) is 2.17. The molecule has 0 aliphatic carbocycles. The molecule has 0 radical (unpaired) electrons. The van der Waals surface area contributed by atoms with Gasteiger partial charge in [-0.1, -0.05) is 0 Å². The second-order valence-corrected chi connectivity index (χ2v) is 3.93. The van der Waals surface area contributed by atoms with Gasteiger partial charge in [-0.25, -0.2) is 0 Å². The van der Waals surface area contributed by atoms with E-state index in [1.165, 1.54) is 11.1 Å². The zero-order valence-corrected chi connectivity index (χ0v) is 9.89. The summed E-state index contributed by atoms with van der Waals surface area (Å²) >= 11 is 3.42. The van der Waals surface area contributed by atoms with Crippen LogP contribution in [0.25, 0.3) is 0 Å². The van der Waals surface area contributed by atoms with Crippen LogP contribution in [0.5, 0.6) is 5.75 Å². The summed E-state index contributed by atoms with van der Waals surface area (Å²) < 4.78 is 6.15. The van der Waals surface area contributed by atoms with Crippen LogP contribution in [-0.2, 0) is 6.42 Å². The highest BCUT2D eigenvalue weighted by Crippen LogP contribution is 2.28. The first-order valence-electron chi connectivity index (χ1n) is 4.39. The summed E-state index contributed by atoms with van der Waals surface area (Å²) in [7, 11) is 1.64. The molecule has 0 N–H and O–H groups in total. The number of hydrogen-bond acceptors (Lipinski definition) is 2. The third-order valence-corrected chi connectivity index (χ3v) is 2.74. The molecule has 0 fully saturated rings. The van der Waals surface area contributed by atoms with E-state index in [0.29, 0.717) is 6.42 Å². The third-order valence-electron chi connectivity index (χ3n) is 2.12. The van der Waals surface area contributed by atoms with Gasteiger partial charge in [-0.2, -0.15) is 5.26 Å². The topological polar surface area (TPSA) is 33.0 Å². The molecule has 74 valence electrons. The van der Waals surface area contributed by atoms with Gasteiger partial charge in [0.1, 0.15) is 5.75 Å². The lowest BCUT2D eigenvalue weighted by Crippen LogP contribution is -1.92. The average molecular weight is 254 g/mol. The van der Waals surface area contributed by atoms with Crippen molar-refractivity contribution >= 4 is 15.9 Å². The van der Waals surface area contributed by atoms with Gasteiger partial charge >= 0.3 is 0 Å². The quantitative estimate of drug-likeness (QED) is 0.829. The molecule has 0 aliphatic heterocycles. The van der Waals surface area contributed by atoms with Crippen LogP contribution in [0.2, 0.25) is 0 Å². The maximum absolute atomic E-state index is 8.51. The highest BCUT2D eigenvalue weighted by molar-refractivity contribution is 9.10. The summed E-state index contributed by atoms with van der Waals surface area (Å²) in [4.78, 5) is 0. The van der Waals surface area contributed by atoms with E-state index in [-0.39, 0.29) is 0 Å². The zero-order chi connectivity index (χ0) is 10.6. The SMILES string of the molecule is COc1cc(CCC#N)c(C)cc1Br. The fourth-order valence-electron chi connectivity index (χ4n) is 1.31. The van der Waals surface area contributed by atoms with Crippen LogP contribution < -0.4 is 4.74 Å². The molecule has 3 heteroatoms. The van der Waals surface area contributed by atoms with E-state index in [1.807, 2.05) is 19.1 Å². The van der Waals surface area contributed by atoms with Gasteiger partial charge in [-0.3, -0.25) is 0 Å². The lowest BCUT2D eigenvalue weighted by atomic mass is 10.0. The summed E-state index contributed by atoms with van der Waals surface area (Å²) in [5.41, 5.74) is 2.36. The molecule has 0 aliphatic rings. The van der Waals surface area contributed by atoms with E-state index in [4.69, 9.17) is 10.00 Å². The molecule has 2 nitrogen and oxygen atoms in total. The molecule has 0 saturated carbocycles. The minimum Gasteiger partial charge on any atom is -0.496 e. The highest BCUT2D eigenvalue weighted by atomic mass is 79.9. The van der Waals surface area contributed by atoms with Crippen LogP contribution in [0.15, 0.2) is 16.6 Å². The van der Waals surface area contributed by atoms with Crippen LogP contribution in [0.4, 0.5) is 0 Å². The molecule has 0 unspecified atom stereocenters. The maximum atomic E-state index is 8.51. The van der Waals surface area contributed by atoms with Gasteiger partial charge in [0, 0.05) is 6.42 Å². The van der Waals surface area contributed by atoms with Crippen molar-refractivity contribution in [3.05, 3.63) is 27.7 Å². The van der Waals surface area contributed by atoms with Crippen molar-refractivity contribution < 1.29 is 4.74 Å². The number of nitrogens with zero attached hydrogens (tertiary/aromatic N) is 1. The first-order chi connectivity index (χ1) is 6.69. The number of methoxy groups -OCH3 is 1. The normalized spacial score (nSPS) is 9.57. The summed E-state index contributed by atoms with van der Waals surface area (Å²) in [6.45, 7) is 2.04. The number of benzene rings is 1. The Morgan fingerprint density at radius 2 is 2.21 bits per heavy atom. The van der Waals surface area contributed by atoms with Gasteiger partial charge in [-0.15, -0.1) is 0 Å². The van der Waals surface area contributed by atoms with Crippen molar-refractivity contribution in [1.82, 2.24) is 0 Å². The van der Waals surface area contributed by atoms with Gasteiger partial charge in [0.15, 0.2) is 0 Å². The van der Waals surface area contributed by atoms with E-state index in [9.17, 15) is 0 Å². The number of rotatable bonds is 3. The smallest absolute Gasteiger partial charge is 0.133 e. The molecule has 1 rings (SSSR count). The Kier molecular flexibility index (Phi) is 3.97. The Labute approximate surface area is 92.6 Å². The molecule has 0 saturated heterocycles. The number of halogens is 1. The summed E-state index contributed by atoms with van der Waals surface area (Å²) in [5, 5.41) is 8.51. The lowest BCUT2D eigenvalue weighted by Gasteiger charge is -2.09. The van der Waals surface area contributed by atoms with Gasteiger partial charge in [0.2, 0.25) is 0 Å². The molecule has 0 amide bonds. The van der Waals surface area contributed by atoms with E-state index in [2.05, 4.69) is 22.0 Å². The Hall–Kier alpha value is -1.01. The van der Waals surface area contributed by atoms with E-state index in [0.717, 1.165) is 16.6 Å². The van der Waals surface area contributed by atoms with Crippen LogP contribution in [0, 0.1) is 18.3 Å². The van der Waals surface area contributed by atoms with Crippen LogP contribution >= 0.6 is 15.9 Å². The lowest BCUT2D eigenvalue weighted by molar-refractivity contribution is 0.411. The number of nitriles is 1. The summed E-state index contributed by atoms with van der Waals surface area (Å²) in [5.74, 6) is 0.823. The number of hydrogen-bond donors (Lipinski definition) is 0. The van der Waals surface area contributed by atoms with E-state index < -0.39 is 0 Å². The predicted octanol–water partition coefficient (Wildman–Crippen LogP) is 3.22. The van der Waals surface area contributed by atoms with Crippen molar-refractivity contribution in [3.63, 3.8) is 0 Å². The van der Waals surface area contributed by atoms with Crippen molar-refractivity contribution in [2.45, 2.75) is 19.8 Å². The van der Waals surface area contributed by atoms with Crippen molar-refractivity contribution in [2.24, 2.45) is 0 Å². The molecular weight excluding hydrogens is 242 g/mol. The molecule has 14 heavy (non-hydrogen) atoms. The van der Waals surface area contributed by atoms with Gasteiger partial charge in [0.25, 0.3) is 0 Å². The Morgan fingerprint density at radius 1 is 1.50 bits per heavy atom. The Balaban J connectivity index is 2.99. The van der Waals surface area contributed by atoms with Gasteiger partial charge in [0.05, 0.1) is 17.7 Å². The number of ether oxygens (including phenoxy) is 1. The van der Waals surface area contributed by atoms with Crippen LogP contribution in [0.1, 0.15) is 17.5 Å². The number of aryl methyl sites for hydroxylation is 2. The Morgan fingerprint density at radius 3 is 2.79 bits per heavy atom. The third kappa shape index (κ3) is 2.49. The second-order valence-electron chi connectivity index (χ2n) is 3.07. The second kappa shape index (κ2) is 5.02. The first-order valence-corrected chi connectivity index (χ1v) is 5.18. The summed E-state index contributed by atoms with van der Waals surface area (Å²) in [6, 6.07) is 6.15. The highest BCUT2D eigenvalue weighted by Gasteiger charge is 2.05. The molecule has 1 aromatic carbocycles. The predicted molar refractivity (Wildman–Crippen MR) is 59.4 cm³/mol. The monoisotopic (exact) mass is 253 g/mol. The summed E-state index contributed by atoms with van der Waals surface area (Å²) in [6.07, 6.45) is 1.33.